The maximum Gasteiger partial charge on any atom is 0.264 e. The van der Waals surface area contributed by atoms with Crippen molar-refractivity contribution in [2.45, 2.75) is 13.8 Å². The Kier molecular flexibility index (Phi) is 5.96. The molecule has 1 saturated heterocycles. The van der Waals surface area contributed by atoms with Crippen molar-refractivity contribution in [2.24, 2.45) is 4.99 Å². The van der Waals surface area contributed by atoms with Crippen molar-refractivity contribution >= 4 is 34.6 Å². The van der Waals surface area contributed by atoms with Crippen LogP contribution >= 0.6 is 11.8 Å². The molecule has 1 N–H and O–H groups in total. The Morgan fingerprint density at radius 3 is 2.58 bits per heavy atom. The Morgan fingerprint density at radius 1 is 1.08 bits per heavy atom. The lowest BCUT2D eigenvalue weighted by Gasteiger charge is -2.10. The number of benzene rings is 2. The van der Waals surface area contributed by atoms with Gasteiger partial charge in [-0.15, -0.1) is 0 Å². The molecule has 5 nitrogen and oxygen atoms in total. The summed E-state index contributed by atoms with van der Waals surface area (Å²) in [4.78, 5) is 17.3. The van der Waals surface area contributed by atoms with Crippen molar-refractivity contribution in [2.75, 3.05) is 13.2 Å². The first kappa shape index (κ1) is 18.1. The molecular weight excluding hydrogens is 348 g/mol. The molecular formula is C20H20N2O3S. The number of amides is 1. The van der Waals surface area contributed by atoms with Crippen molar-refractivity contribution in [3.63, 3.8) is 0 Å². The molecule has 0 saturated carbocycles. The molecule has 1 amide bonds. The smallest absolute Gasteiger partial charge is 0.264 e. The van der Waals surface area contributed by atoms with Crippen LogP contribution in [0, 0.1) is 0 Å². The molecule has 6 heteroatoms. The minimum atomic E-state index is -0.166. The van der Waals surface area contributed by atoms with E-state index in [0.717, 1.165) is 17.0 Å². The number of aliphatic imine (C=N–C) groups is 1. The number of nitrogens with one attached hydrogen (secondary N) is 1. The summed E-state index contributed by atoms with van der Waals surface area (Å²) in [6, 6.07) is 15.1. The Bertz CT molecular complexity index is 847. The fraction of sp³-hybridized carbons (Fsp3) is 0.200. The summed E-state index contributed by atoms with van der Waals surface area (Å²) >= 11 is 1.31. The van der Waals surface area contributed by atoms with Gasteiger partial charge >= 0.3 is 0 Å². The lowest BCUT2D eigenvalue weighted by atomic mass is 10.1. The van der Waals surface area contributed by atoms with Gasteiger partial charge in [0.2, 0.25) is 0 Å². The van der Waals surface area contributed by atoms with Crippen LogP contribution < -0.4 is 14.8 Å². The third-order valence-electron chi connectivity index (χ3n) is 3.52. The van der Waals surface area contributed by atoms with E-state index in [4.69, 9.17) is 9.47 Å². The minimum Gasteiger partial charge on any atom is -0.494 e. The molecule has 0 aromatic heterocycles. The Hall–Kier alpha value is -2.73. The highest BCUT2D eigenvalue weighted by Crippen LogP contribution is 2.32. The van der Waals surface area contributed by atoms with Gasteiger partial charge in [0.05, 0.1) is 23.8 Å². The van der Waals surface area contributed by atoms with E-state index < -0.39 is 0 Å². The molecule has 0 unspecified atom stereocenters. The lowest BCUT2D eigenvalue weighted by Crippen LogP contribution is -2.19. The first-order valence-electron chi connectivity index (χ1n) is 8.44. The third kappa shape index (κ3) is 4.46. The zero-order chi connectivity index (χ0) is 18.4. The quantitative estimate of drug-likeness (QED) is 0.769. The predicted octanol–water partition coefficient (Wildman–Crippen LogP) is 4.38. The zero-order valence-electron chi connectivity index (χ0n) is 14.7. The maximum atomic E-state index is 12.3. The summed E-state index contributed by atoms with van der Waals surface area (Å²) in [5.41, 5.74) is 1.63. The molecule has 2 aromatic rings. The Balaban J connectivity index is 1.85. The molecule has 0 bridgehead atoms. The van der Waals surface area contributed by atoms with Gasteiger partial charge in [-0.05, 0) is 56.0 Å². The zero-order valence-corrected chi connectivity index (χ0v) is 15.5. The number of rotatable bonds is 6. The summed E-state index contributed by atoms with van der Waals surface area (Å²) in [7, 11) is 0. The standard InChI is InChI=1S/C20H20N2O3S/c1-3-24-16-11-10-14(17(13-16)25-4-2)12-18-19(23)22-20(26-18)21-15-8-6-5-7-9-15/h5-13H,3-4H2,1-2H3,(H,21,22,23). The number of ether oxygens (including phenoxy) is 2. The van der Waals surface area contributed by atoms with Crippen molar-refractivity contribution in [1.29, 1.82) is 0 Å². The molecule has 26 heavy (non-hydrogen) atoms. The SMILES string of the molecule is CCOc1ccc(C=C2SC(=Nc3ccccc3)NC2=O)c(OCC)c1. The van der Waals surface area contributed by atoms with Gasteiger partial charge in [0.1, 0.15) is 11.5 Å². The molecule has 0 atom stereocenters. The van der Waals surface area contributed by atoms with Gasteiger partial charge in [0.15, 0.2) is 5.17 Å². The largest absolute Gasteiger partial charge is 0.494 e. The van der Waals surface area contributed by atoms with Crippen LogP contribution in [0.5, 0.6) is 11.5 Å². The second-order valence-corrected chi connectivity index (χ2v) is 6.41. The first-order valence-corrected chi connectivity index (χ1v) is 9.25. The van der Waals surface area contributed by atoms with E-state index in [0.29, 0.717) is 29.0 Å². The number of para-hydroxylation sites is 1. The van der Waals surface area contributed by atoms with Crippen LogP contribution in [0.1, 0.15) is 19.4 Å². The number of carbonyl (C=O) groups is 1. The molecule has 1 fully saturated rings. The first-order chi connectivity index (χ1) is 12.7. The summed E-state index contributed by atoms with van der Waals surface area (Å²) < 4.78 is 11.2. The minimum absolute atomic E-state index is 0.166. The van der Waals surface area contributed by atoms with E-state index in [2.05, 4.69) is 10.3 Å². The summed E-state index contributed by atoms with van der Waals surface area (Å²) in [6.45, 7) is 4.98. The highest BCUT2D eigenvalue weighted by Gasteiger charge is 2.24. The van der Waals surface area contributed by atoms with Crippen LogP contribution in [0.2, 0.25) is 0 Å². The van der Waals surface area contributed by atoms with Gasteiger partial charge in [0, 0.05) is 11.6 Å². The summed E-state index contributed by atoms with van der Waals surface area (Å²) in [5.74, 6) is 1.27. The second kappa shape index (κ2) is 8.58. The number of amidine groups is 1. The van der Waals surface area contributed by atoms with Gasteiger partial charge in [-0.2, -0.15) is 0 Å². The highest BCUT2D eigenvalue weighted by atomic mass is 32.2. The topological polar surface area (TPSA) is 59.9 Å². The highest BCUT2D eigenvalue weighted by molar-refractivity contribution is 8.18. The van der Waals surface area contributed by atoms with E-state index in [1.165, 1.54) is 11.8 Å². The normalized spacial score (nSPS) is 16.8. The van der Waals surface area contributed by atoms with Crippen LogP contribution in [0.3, 0.4) is 0 Å². The number of nitrogens with zero attached hydrogens (tertiary/aromatic N) is 1. The van der Waals surface area contributed by atoms with Crippen molar-refractivity contribution in [3.05, 3.63) is 59.0 Å². The average Bonchev–Trinajstić information content (AvgIpc) is 2.97. The lowest BCUT2D eigenvalue weighted by molar-refractivity contribution is -0.115. The van der Waals surface area contributed by atoms with Gasteiger partial charge in [-0.1, -0.05) is 18.2 Å². The van der Waals surface area contributed by atoms with Gasteiger partial charge in [0.25, 0.3) is 5.91 Å². The molecule has 2 aromatic carbocycles. The van der Waals surface area contributed by atoms with Crippen molar-refractivity contribution in [3.8, 4) is 11.5 Å². The maximum absolute atomic E-state index is 12.3. The Morgan fingerprint density at radius 2 is 1.85 bits per heavy atom. The second-order valence-electron chi connectivity index (χ2n) is 5.38. The average molecular weight is 368 g/mol. The van der Waals surface area contributed by atoms with E-state index in [1.54, 1.807) is 0 Å². The Labute approximate surface area is 157 Å². The molecule has 134 valence electrons. The predicted molar refractivity (Wildman–Crippen MR) is 106 cm³/mol. The van der Waals surface area contributed by atoms with Crippen LogP contribution in [-0.2, 0) is 4.79 Å². The fourth-order valence-electron chi connectivity index (χ4n) is 2.41. The van der Waals surface area contributed by atoms with E-state index in [-0.39, 0.29) is 5.91 Å². The summed E-state index contributed by atoms with van der Waals surface area (Å²) in [5, 5.41) is 3.36. The van der Waals surface area contributed by atoms with Gasteiger partial charge < -0.3 is 14.8 Å². The molecule has 1 aliphatic rings. The van der Waals surface area contributed by atoms with Crippen molar-refractivity contribution < 1.29 is 14.3 Å². The van der Waals surface area contributed by atoms with Crippen LogP contribution in [0.15, 0.2) is 58.4 Å². The number of thioether (sulfide) groups is 1. The number of carbonyl (C=O) groups excluding carboxylic acids is 1. The van der Waals surface area contributed by atoms with Gasteiger partial charge in [-0.25, -0.2) is 4.99 Å². The van der Waals surface area contributed by atoms with Gasteiger partial charge in [-0.3, -0.25) is 4.79 Å². The number of hydrogen-bond donors (Lipinski definition) is 1. The van der Waals surface area contributed by atoms with E-state index >= 15 is 0 Å². The van der Waals surface area contributed by atoms with E-state index in [1.807, 2.05) is 68.5 Å². The molecule has 0 spiro atoms. The monoisotopic (exact) mass is 368 g/mol. The van der Waals surface area contributed by atoms with Crippen molar-refractivity contribution in [1.82, 2.24) is 5.32 Å². The summed E-state index contributed by atoms with van der Waals surface area (Å²) in [6.07, 6.45) is 1.81. The van der Waals surface area contributed by atoms with Crippen LogP contribution in [0.4, 0.5) is 5.69 Å². The van der Waals surface area contributed by atoms with Crippen LogP contribution in [0.25, 0.3) is 6.08 Å². The number of hydrogen-bond acceptors (Lipinski definition) is 5. The molecule has 1 heterocycles. The fourth-order valence-corrected chi connectivity index (χ4v) is 3.25. The molecule has 1 aliphatic heterocycles. The third-order valence-corrected chi connectivity index (χ3v) is 4.43. The van der Waals surface area contributed by atoms with E-state index in [9.17, 15) is 4.79 Å². The molecule has 0 aliphatic carbocycles. The van der Waals surface area contributed by atoms with Crippen LogP contribution in [-0.4, -0.2) is 24.3 Å². The molecule has 3 rings (SSSR count). The molecule has 0 radical (unpaired) electrons.